The van der Waals surface area contributed by atoms with Crippen LogP contribution in [0.3, 0.4) is 0 Å². The predicted molar refractivity (Wildman–Crippen MR) is 40.9 cm³/mol. The fourth-order valence-corrected chi connectivity index (χ4v) is 0.519. The van der Waals surface area contributed by atoms with Gasteiger partial charge in [-0.15, -0.1) is 13.0 Å². The minimum absolute atomic E-state index is 0.429. The van der Waals surface area contributed by atoms with Crippen LogP contribution in [0.2, 0.25) is 0 Å². The Morgan fingerprint density at radius 2 is 2.50 bits per heavy atom. The molecule has 1 unspecified atom stereocenters. The summed E-state index contributed by atoms with van der Waals surface area (Å²) in [4.78, 5) is 10.7. The van der Waals surface area contributed by atoms with Gasteiger partial charge in [-0.2, -0.15) is 0 Å². The first-order chi connectivity index (χ1) is 4.56. The fraction of sp³-hybridized carbons (Fsp3) is 0.375. The molecule has 54 valence electrons. The van der Waals surface area contributed by atoms with Crippen molar-refractivity contribution >= 4 is 5.91 Å². The number of rotatable bonds is 3. The number of hydrogen-bond donors (Lipinski definition) is 1. The monoisotopic (exact) mass is 137 g/mol. The van der Waals surface area contributed by atoms with Crippen LogP contribution >= 0.6 is 0 Å². The Labute approximate surface area is 61.1 Å². The van der Waals surface area contributed by atoms with Crippen LogP contribution in [0.5, 0.6) is 0 Å². The molecule has 0 aliphatic rings. The Morgan fingerprint density at radius 1 is 2.00 bits per heavy atom. The average molecular weight is 137 g/mol. The van der Waals surface area contributed by atoms with E-state index in [-0.39, 0.29) is 0 Å². The van der Waals surface area contributed by atoms with E-state index in [4.69, 9.17) is 12.2 Å². The van der Waals surface area contributed by atoms with Gasteiger partial charge in [0.2, 0.25) is 5.91 Å². The minimum atomic E-state index is -0.859. The van der Waals surface area contributed by atoms with Gasteiger partial charge in [0.1, 0.15) is 5.41 Å². The van der Waals surface area contributed by atoms with E-state index in [0.29, 0.717) is 6.42 Å². The molecule has 0 bridgehead atoms. The molecule has 2 nitrogen and oxygen atoms in total. The van der Waals surface area contributed by atoms with E-state index in [9.17, 15) is 4.79 Å². The first-order valence-corrected chi connectivity index (χ1v) is 2.95. The summed E-state index contributed by atoms with van der Waals surface area (Å²) in [5.74, 6) is 1.86. The molecule has 0 spiro atoms. The molecule has 0 radical (unpaired) electrons. The van der Waals surface area contributed by atoms with Crippen molar-refractivity contribution in [2.75, 3.05) is 0 Å². The molecule has 10 heavy (non-hydrogen) atoms. The summed E-state index contributed by atoms with van der Waals surface area (Å²) in [6, 6.07) is 0. The Kier molecular flexibility index (Phi) is 2.69. The Balaban J connectivity index is 4.42. The quantitative estimate of drug-likeness (QED) is 0.451. The summed E-state index contributed by atoms with van der Waals surface area (Å²) < 4.78 is 0. The van der Waals surface area contributed by atoms with Crippen molar-refractivity contribution in [3.8, 4) is 12.3 Å². The zero-order chi connectivity index (χ0) is 8.20. The van der Waals surface area contributed by atoms with Crippen molar-refractivity contribution in [1.29, 1.82) is 0 Å². The van der Waals surface area contributed by atoms with Crippen molar-refractivity contribution < 1.29 is 4.79 Å². The molecule has 0 rings (SSSR count). The van der Waals surface area contributed by atoms with Gasteiger partial charge in [0.05, 0.1) is 0 Å². The SMILES string of the molecule is C#CC(C)(CC=C)C(N)=O. The number of terminal acetylenes is 1. The molecule has 0 aliphatic carbocycles. The number of carbonyl (C=O) groups is 1. The third-order valence-electron chi connectivity index (χ3n) is 1.41. The number of primary amides is 1. The topological polar surface area (TPSA) is 43.1 Å². The number of nitrogens with two attached hydrogens (primary N) is 1. The van der Waals surface area contributed by atoms with Crippen molar-refractivity contribution in [3.05, 3.63) is 12.7 Å². The van der Waals surface area contributed by atoms with Crippen molar-refractivity contribution in [3.63, 3.8) is 0 Å². The van der Waals surface area contributed by atoms with Gasteiger partial charge in [-0.1, -0.05) is 12.0 Å². The lowest BCUT2D eigenvalue weighted by atomic mass is 9.87. The van der Waals surface area contributed by atoms with Crippen LogP contribution in [0, 0.1) is 17.8 Å². The maximum Gasteiger partial charge on any atom is 0.235 e. The standard InChI is InChI=1S/C8H11NO/c1-4-6-8(3,5-2)7(9)10/h2,4H,1,6H2,3H3,(H2,9,10). The van der Waals surface area contributed by atoms with Gasteiger partial charge in [-0.25, -0.2) is 0 Å². The second kappa shape index (κ2) is 3.07. The van der Waals surface area contributed by atoms with Crippen LogP contribution < -0.4 is 5.73 Å². The van der Waals surface area contributed by atoms with Gasteiger partial charge in [-0.05, 0) is 13.3 Å². The lowest BCUT2D eigenvalue weighted by Gasteiger charge is -2.15. The summed E-state index contributed by atoms with van der Waals surface area (Å²) in [6.45, 7) is 5.09. The van der Waals surface area contributed by atoms with Crippen LogP contribution in [-0.2, 0) is 4.79 Å². The number of allylic oxidation sites excluding steroid dienone is 1. The lowest BCUT2D eigenvalue weighted by Crippen LogP contribution is -2.32. The van der Waals surface area contributed by atoms with E-state index in [2.05, 4.69) is 12.5 Å². The minimum Gasteiger partial charge on any atom is -0.368 e. The summed E-state index contributed by atoms with van der Waals surface area (Å²) >= 11 is 0. The van der Waals surface area contributed by atoms with E-state index in [1.807, 2.05) is 0 Å². The van der Waals surface area contributed by atoms with Gasteiger partial charge in [-0.3, -0.25) is 4.79 Å². The van der Waals surface area contributed by atoms with Gasteiger partial charge in [0.15, 0.2) is 0 Å². The van der Waals surface area contributed by atoms with Gasteiger partial charge in [0.25, 0.3) is 0 Å². The summed E-state index contributed by atoms with van der Waals surface area (Å²) in [5.41, 5.74) is 4.18. The van der Waals surface area contributed by atoms with Crippen LogP contribution in [0.1, 0.15) is 13.3 Å². The average Bonchev–Trinajstić information content (AvgIpc) is 1.88. The highest BCUT2D eigenvalue weighted by molar-refractivity contribution is 5.83. The number of amides is 1. The maximum absolute atomic E-state index is 10.7. The van der Waals surface area contributed by atoms with Crippen LogP contribution in [0.15, 0.2) is 12.7 Å². The third kappa shape index (κ3) is 1.63. The molecular weight excluding hydrogens is 126 g/mol. The molecule has 0 saturated carbocycles. The Hall–Kier alpha value is -1.23. The van der Waals surface area contributed by atoms with Crippen LogP contribution in [0.25, 0.3) is 0 Å². The number of hydrogen-bond acceptors (Lipinski definition) is 1. The Morgan fingerprint density at radius 3 is 2.60 bits per heavy atom. The molecule has 1 atom stereocenters. The molecule has 0 aromatic carbocycles. The van der Waals surface area contributed by atoms with E-state index >= 15 is 0 Å². The first kappa shape index (κ1) is 8.77. The van der Waals surface area contributed by atoms with Crippen molar-refractivity contribution in [1.82, 2.24) is 0 Å². The summed E-state index contributed by atoms with van der Waals surface area (Å²) in [5, 5.41) is 0. The van der Waals surface area contributed by atoms with E-state index in [1.165, 1.54) is 0 Å². The third-order valence-corrected chi connectivity index (χ3v) is 1.41. The van der Waals surface area contributed by atoms with Gasteiger partial charge < -0.3 is 5.73 Å². The second-order valence-electron chi connectivity index (χ2n) is 2.33. The second-order valence-corrected chi connectivity index (χ2v) is 2.33. The van der Waals surface area contributed by atoms with Crippen LogP contribution in [0.4, 0.5) is 0 Å². The van der Waals surface area contributed by atoms with Crippen molar-refractivity contribution in [2.45, 2.75) is 13.3 Å². The molecule has 0 aromatic heterocycles. The highest BCUT2D eigenvalue weighted by atomic mass is 16.1. The normalized spacial score (nSPS) is 14.8. The maximum atomic E-state index is 10.7. The summed E-state index contributed by atoms with van der Waals surface area (Å²) in [7, 11) is 0. The highest BCUT2D eigenvalue weighted by Gasteiger charge is 2.26. The molecule has 0 saturated heterocycles. The highest BCUT2D eigenvalue weighted by Crippen LogP contribution is 2.18. The zero-order valence-corrected chi connectivity index (χ0v) is 6.05. The fourth-order valence-electron chi connectivity index (χ4n) is 0.519. The van der Waals surface area contributed by atoms with E-state index in [0.717, 1.165) is 0 Å². The molecule has 2 heteroatoms. The molecule has 2 N–H and O–H groups in total. The van der Waals surface area contributed by atoms with Gasteiger partial charge in [0, 0.05) is 0 Å². The lowest BCUT2D eigenvalue weighted by molar-refractivity contribution is -0.123. The van der Waals surface area contributed by atoms with Gasteiger partial charge >= 0.3 is 0 Å². The summed E-state index contributed by atoms with van der Waals surface area (Å²) in [6.07, 6.45) is 7.11. The van der Waals surface area contributed by atoms with Crippen LogP contribution in [-0.4, -0.2) is 5.91 Å². The molecule has 0 aliphatic heterocycles. The van der Waals surface area contributed by atoms with E-state index in [1.54, 1.807) is 13.0 Å². The Bertz CT molecular complexity index is 190. The number of carbonyl (C=O) groups excluding carboxylic acids is 1. The largest absolute Gasteiger partial charge is 0.368 e. The zero-order valence-electron chi connectivity index (χ0n) is 6.05. The predicted octanol–water partition coefficient (Wildman–Crippen LogP) is 0.687. The first-order valence-electron chi connectivity index (χ1n) is 2.95. The van der Waals surface area contributed by atoms with Crippen molar-refractivity contribution in [2.24, 2.45) is 11.1 Å². The molecule has 0 fully saturated rings. The van der Waals surface area contributed by atoms with E-state index < -0.39 is 11.3 Å². The smallest absolute Gasteiger partial charge is 0.235 e. The molecular formula is C8H11NO. The molecule has 1 amide bonds. The molecule has 0 heterocycles. The molecule has 0 aromatic rings.